The Kier molecular flexibility index (Phi) is 2.71. The summed E-state index contributed by atoms with van der Waals surface area (Å²) < 4.78 is 8.16. The molecule has 2 aliphatic rings. The van der Waals surface area contributed by atoms with E-state index in [9.17, 15) is 0 Å². The normalized spacial score (nSPS) is 32.8. The maximum Gasteiger partial charge on any atom is 0.138 e. The third kappa shape index (κ3) is 1.89. The van der Waals surface area contributed by atoms with Crippen molar-refractivity contribution in [3.05, 3.63) is 17.2 Å². The van der Waals surface area contributed by atoms with Gasteiger partial charge in [-0.25, -0.2) is 4.98 Å². The van der Waals surface area contributed by atoms with E-state index in [1.165, 1.54) is 11.4 Å². The van der Waals surface area contributed by atoms with Gasteiger partial charge in [0.1, 0.15) is 11.9 Å². The van der Waals surface area contributed by atoms with Crippen molar-refractivity contribution in [1.29, 1.82) is 0 Å². The van der Waals surface area contributed by atoms with E-state index in [4.69, 9.17) is 15.5 Å². The summed E-state index contributed by atoms with van der Waals surface area (Å²) in [7, 11) is 2.12. The van der Waals surface area contributed by atoms with Gasteiger partial charge in [0.15, 0.2) is 0 Å². The smallest absolute Gasteiger partial charge is 0.138 e. The van der Waals surface area contributed by atoms with Crippen LogP contribution in [0.25, 0.3) is 0 Å². The lowest BCUT2D eigenvalue weighted by molar-refractivity contribution is 0.0486. The molecule has 1 fully saturated rings. The predicted molar refractivity (Wildman–Crippen MR) is 65.7 cm³/mol. The van der Waals surface area contributed by atoms with Gasteiger partial charge in [0.2, 0.25) is 0 Å². The third-order valence-electron chi connectivity index (χ3n) is 4.06. The average Bonchev–Trinajstić information content (AvgIpc) is 2.83. The number of hydrogen-bond donors (Lipinski definition) is 1. The van der Waals surface area contributed by atoms with Gasteiger partial charge in [0, 0.05) is 25.2 Å². The molecule has 1 aromatic heterocycles. The molecule has 0 aromatic carbocycles. The average molecular weight is 235 g/mol. The molecular formula is C13H21N3O. The van der Waals surface area contributed by atoms with Gasteiger partial charge in [-0.05, 0) is 32.6 Å². The first-order chi connectivity index (χ1) is 8.15. The van der Waals surface area contributed by atoms with Gasteiger partial charge in [-0.15, -0.1) is 0 Å². The number of rotatable bonds is 1. The van der Waals surface area contributed by atoms with Crippen molar-refractivity contribution in [1.82, 2.24) is 9.55 Å². The van der Waals surface area contributed by atoms with E-state index in [1.807, 2.05) is 0 Å². The van der Waals surface area contributed by atoms with Crippen molar-refractivity contribution in [2.45, 2.75) is 57.3 Å². The fourth-order valence-corrected chi connectivity index (χ4v) is 3.04. The molecule has 0 spiro atoms. The second kappa shape index (κ2) is 4.10. The molecule has 0 saturated carbocycles. The van der Waals surface area contributed by atoms with Crippen LogP contribution in [0.1, 0.15) is 49.5 Å². The van der Waals surface area contributed by atoms with E-state index in [0.717, 1.165) is 37.9 Å². The van der Waals surface area contributed by atoms with Crippen LogP contribution < -0.4 is 5.73 Å². The van der Waals surface area contributed by atoms with Gasteiger partial charge in [-0.2, -0.15) is 0 Å². The fourth-order valence-electron chi connectivity index (χ4n) is 3.04. The van der Waals surface area contributed by atoms with Crippen molar-refractivity contribution < 1.29 is 4.74 Å². The van der Waals surface area contributed by atoms with Crippen LogP contribution in [0.15, 0.2) is 0 Å². The maximum atomic E-state index is 6.00. The molecule has 3 atom stereocenters. The molecule has 1 saturated heterocycles. The van der Waals surface area contributed by atoms with E-state index in [1.54, 1.807) is 0 Å². The van der Waals surface area contributed by atoms with Gasteiger partial charge in [-0.3, -0.25) is 0 Å². The van der Waals surface area contributed by atoms with Crippen LogP contribution in [0.2, 0.25) is 0 Å². The minimum Gasteiger partial charge on any atom is -0.367 e. The molecule has 3 rings (SSSR count). The maximum absolute atomic E-state index is 6.00. The van der Waals surface area contributed by atoms with Gasteiger partial charge < -0.3 is 15.0 Å². The summed E-state index contributed by atoms with van der Waals surface area (Å²) >= 11 is 0. The lowest BCUT2D eigenvalue weighted by atomic mass is 9.97. The van der Waals surface area contributed by atoms with E-state index >= 15 is 0 Å². The molecule has 2 heterocycles. The first kappa shape index (κ1) is 11.2. The lowest BCUT2D eigenvalue weighted by Gasteiger charge is -2.18. The second-order valence-corrected chi connectivity index (χ2v) is 5.44. The largest absolute Gasteiger partial charge is 0.367 e. The molecule has 4 heteroatoms. The molecule has 0 bridgehead atoms. The lowest BCUT2D eigenvalue weighted by Crippen LogP contribution is -2.28. The Morgan fingerprint density at radius 1 is 1.35 bits per heavy atom. The molecule has 4 nitrogen and oxygen atoms in total. The highest BCUT2D eigenvalue weighted by Crippen LogP contribution is 2.33. The van der Waals surface area contributed by atoms with E-state index in [-0.39, 0.29) is 12.1 Å². The zero-order valence-corrected chi connectivity index (χ0v) is 10.6. The van der Waals surface area contributed by atoms with Crippen molar-refractivity contribution in [2.75, 3.05) is 0 Å². The number of fused-ring (bicyclic) bond motifs is 1. The standard InChI is InChI=1S/C13H21N3O/c1-8-3-6-12(17-8)13-15-10-7-9(14)4-5-11(10)16(13)2/h8-9,12H,3-7,14H2,1-2H3. The molecule has 1 aliphatic carbocycles. The second-order valence-electron chi connectivity index (χ2n) is 5.44. The highest BCUT2D eigenvalue weighted by Gasteiger charge is 2.30. The summed E-state index contributed by atoms with van der Waals surface area (Å²) in [6.45, 7) is 2.14. The summed E-state index contributed by atoms with van der Waals surface area (Å²) in [6, 6.07) is 0.286. The Morgan fingerprint density at radius 3 is 2.88 bits per heavy atom. The molecule has 0 radical (unpaired) electrons. The van der Waals surface area contributed by atoms with Crippen LogP contribution in [0.3, 0.4) is 0 Å². The molecule has 94 valence electrons. The zero-order chi connectivity index (χ0) is 12.0. The van der Waals surface area contributed by atoms with Crippen molar-refractivity contribution >= 4 is 0 Å². The summed E-state index contributed by atoms with van der Waals surface area (Å²) in [5, 5.41) is 0. The monoisotopic (exact) mass is 235 g/mol. The van der Waals surface area contributed by atoms with E-state index in [0.29, 0.717) is 6.10 Å². The molecular weight excluding hydrogens is 214 g/mol. The fraction of sp³-hybridized carbons (Fsp3) is 0.769. The van der Waals surface area contributed by atoms with Crippen LogP contribution in [-0.2, 0) is 24.6 Å². The molecule has 17 heavy (non-hydrogen) atoms. The predicted octanol–water partition coefficient (Wildman–Crippen LogP) is 1.48. The highest BCUT2D eigenvalue weighted by molar-refractivity contribution is 5.22. The number of aromatic nitrogens is 2. The molecule has 2 N–H and O–H groups in total. The molecule has 1 aliphatic heterocycles. The topological polar surface area (TPSA) is 53.1 Å². The summed E-state index contributed by atoms with van der Waals surface area (Å²) in [5.74, 6) is 1.11. The number of nitrogens with two attached hydrogens (primary N) is 1. The zero-order valence-electron chi connectivity index (χ0n) is 10.6. The summed E-state index contributed by atoms with van der Waals surface area (Å²) in [5.41, 5.74) is 8.57. The quantitative estimate of drug-likeness (QED) is 0.802. The van der Waals surface area contributed by atoms with Crippen LogP contribution in [-0.4, -0.2) is 21.7 Å². The van der Waals surface area contributed by atoms with Crippen LogP contribution in [0.4, 0.5) is 0 Å². The Labute approximate surface area is 102 Å². The van der Waals surface area contributed by atoms with Crippen LogP contribution >= 0.6 is 0 Å². The van der Waals surface area contributed by atoms with Gasteiger partial charge >= 0.3 is 0 Å². The number of nitrogens with zero attached hydrogens (tertiary/aromatic N) is 2. The Hall–Kier alpha value is -0.870. The van der Waals surface area contributed by atoms with Crippen molar-refractivity contribution in [3.8, 4) is 0 Å². The number of ether oxygens (including phenoxy) is 1. The number of imidazole rings is 1. The minimum atomic E-state index is 0.192. The Bertz CT molecular complexity index is 427. The van der Waals surface area contributed by atoms with Gasteiger partial charge in [0.25, 0.3) is 0 Å². The van der Waals surface area contributed by atoms with E-state index < -0.39 is 0 Å². The summed E-state index contributed by atoms with van der Waals surface area (Å²) in [4.78, 5) is 4.78. The van der Waals surface area contributed by atoms with E-state index in [2.05, 4.69) is 18.5 Å². The van der Waals surface area contributed by atoms with Crippen LogP contribution in [0.5, 0.6) is 0 Å². The molecule has 3 unspecified atom stereocenters. The van der Waals surface area contributed by atoms with Gasteiger partial charge in [0.05, 0.1) is 11.8 Å². The Morgan fingerprint density at radius 2 is 2.18 bits per heavy atom. The molecule has 1 aromatic rings. The first-order valence-corrected chi connectivity index (χ1v) is 6.60. The van der Waals surface area contributed by atoms with Crippen LogP contribution in [0, 0.1) is 0 Å². The third-order valence-corrected chi connectivity index (χ3v) is 4.06. The van der Waals surface area contributed by atoms with Gasteiger partial charge in [-0.1, -0.05) is 0 Å². The Balaban J connectivity index is 1.91. The SMILES string of the molecule is CC1CCC(c2nc3c(n2C)CCC(N)C3)O1. The summed E-state index contributed by atoms with van der Waals surface area (Å²) in [6.07, 6.45) is 5.85. The molecule has 0 amide bonds. The first-order valence-electron chi connectivity index (χ1n) is 6.60. The van der Waals surface area contributed by atoms with Crippen molar-refractivity contribution in [2.24, 2.45) is 12.8 Å². The van der Waals surface area contributed by atoms with Crippen molar-refractivity contribution in [3.63, 3.8) is 0 Å². The highest BCUT2D eigenvalue weighted by atomic mass is 16.5. The minimum absolute atomic E-state index is 0.192. The number of hydrogen-bond acceptors (Lipinski definition) is 3.